The lowest BCUT2D eigenvalue weighted by molar-refractivity contribution is 0.0936. The van der Waals surface area contributed by atoms with E-state index in [1.807, 2.05) is 24.3 Å². The van der Waals surface area contributed by atoms with Gasteiger partial charge in [-0.05, 0) is 62.5 Å². The predicted molar refractivity (Wildman–Crippen MR) is 112 cm³/mol. The molecular weight excluding hydrogens is 390 g/mol. The summed E-state index contributed by atoms with van der Waals surface area (Å²) < 4.78 is 0. The molecule has 1 aliphatic carbocycles. The molecule has 0 saturated carbocycles. The van der Waals surface area contributed by atoms with Gasteiger partial charge >= 0.3 is 0 Å². The van der Waals surface area contributed by atoms with Gasteiger partial charge in [-0.3, -0.25) is 19.3 Å². The van der Waals surface area contributed by atoms with E-state index in [9.17, 15) is 14.4 Å². The van der Waals surface area contributed by atoms with Gasteiger partial charge in [0.2, 0.25) is 0 Å². The van der Waals surface area contributed by atoms with Crippen LogP contribution in [0, 0.1) is 0 Å². The number of aryl methyl sites for hydroxylation is 1. The first-order valence-corrected chi connectivity index (χ1v) is 10.5. The summed E-state index contributed by atoms with van der Waals surface area (Å²) in [6, 6.07) is 9.09. The maximum Gasteiger partial charge on any atom is 0.261 e. The van der Waals surface area contributed by atoms with Crippen molar-refractivity contribution in [1.82, 2.24) is 15.2 Å². The number of hydrogen-bond donors (Lipinski definition) is 2. The van der Waals surface area contributed by atoms with Gasteiger partial charge in [-0.25, -0.2) is 0 Å². The van der Waals surface area contributed by atoms with E-state index in [1.165, 1.54) is 6.07 Å². The fraction of sp³-hybridized carbons (Fsp3) is 0.409. The molecule has 0 bridgehead atoms. The van der Waals surface area contributed by atoms with Crippen LogP contribution in [0.25, 0.3) is 0 Å². The first-order chi connectivity index (χ1) is 14.0. The van der Waals surface area contributed by atoms with Crippen LogP contribution in [0.3, 0.4) is 0 Å². The van der Waals surface area contributed by atoms with Crippen molar-refractivity contribution in [1.29, 1.82) is 0 Å². The number of ketones is 1. The smallest absolute Gasteiger partial charge is 0.261 e. The summed E-state index contributed by atoms with van der Waals surface area (Å²) in [5.74, 6) is -0.482. The zero-order valence-electron chi connectivity index (χ0n) is 16.2. The summed E-state index contributed by atoms with van der Waals surface area (Å²) in [5.41, 5.74) is 1.68. The fourth-order valence-electron chi connectivity index (χ4n) is 4.25. The molecule has 2 N–H and O–H groups in total. The van der Waals surface area contributed by atoms with Gasteiger partial charge < -0.3 is 10.3 Å². The number of nitrogens with one attached hydrogen (secondary N) is 2. The van der Waals surface area contributed by atoms with Crippen molar-refractivity contribution in [3.63, 3.8) is 0 Å². The van der Waals surface area contributed by atoms with Crippen LogP contribution in [0.5, 0.6) is 0 Å². The highest BCUT2D eigenvalue weighted by atomic mass is 35.5. The van der Waals surface area contributed by atoms with Crippen molar-refractivity contribution >= 4 is 23.3 Å². The molecule has 1 aromatic heterocycles. The maximum atomic E-state index is 12.8. The van der Waals surface area contributed by atoms with Gasteiger partial charge in [0.15, 0.2) is 5.78 Å². The molecule has 1 fully saturated rings. The summed E-state index contributed by atoms with van der Waals surface area (Å²) in [4.78, 5) is 42.4. The predicted octanol–water partition coefficient (Wildman–Crippen LogP) is 3.11. The Morgan fingerprint density at radius 1 is 1.14 bits per heavy atom. The van der Waals surface area contributed by atoms with E-state index in [4.69, 9.17) is 11.6 Å². The number of Topliss-reactive ketones (excluding diaryl/α,β-unsaturated/α-hetero) is 1. The van der Waals surface area contributed by atoms with Gasteiger partial charge in [0.05, 0.1) is 6.04 Å². The number of aromatic amines is 1. The number of halogens is 1. The minimum atomic E-state index is -0.460. The van der Waals surface area contributed by atoms with Crippen LogP contribution in [0.2, 0.25) is 5.02 Å². The first kappa shape index (κ1) is 19.9. The molecule has 6 nitrogen and oxygen atoms in total. The van der Waals surface area contributed by atoms with Gasteiger partial charge in [-0.2, -0.15) is 0 Å². The molecule has 1 aromatic carbocycles. The van der Waals surface area contributed by atoms with E-state index in [0.29, 0.717) is 35.7 Å². The Bertz CT molecular complexity index is 995. The van der Waals surface area contributed by atoms with E-state index in [0.717, 1.165) is 37.9 Å². The number of likely N-dealkylation sites (tertiary alicyclic amines) is 1. The summed E-state index contributed by atoms with van der Waals surface area (Å²) in [6.07, 6.45) is 4.08. The summed E-state index contributed by atoms with van der Waals surface area (Å²) in [5, 5.41) is 3.56. The highest BCUT2D eigenvalue weighted by Gasteiger charge is 2.26. The minimum Gasteiger partial charge on any atom is -0.350 e. The molecule has 7 heteroatoms. The average molecular weight is 414 g/mol. The van der Waals surface area contributed by atoms with Gasteiger partial charge in [0.1, 0.15) is 5.56 Å². The van der Waals surface area contributed by atoms with Gasteiger partial charge in [0.25, 0.3) is 11.5 Å². The van der Waals surface area contributed by atoms with E-state index < -0.39 is 11.5 Å². The lowest BCUT2D eigenvalue weighted by Crippen LogP contribution is -2.38. The second kappa shape index (κ2) is 8.51. The second-order valence-corrected chi connectivity index (χ2v) is 8.14. The van der Waals surface area contributed by atoms with Crippen molar-refractivity contribution in [2.75, 3.05) is 19.6 Å². The molecule has 0 spiro atoms. The Hall–Kier alpha value is -2.44. The van der Waals surface area contributed by atoms with E-state index in [2.05, 4.69) is 15.2 Å². The zero-order chi connectivity index (χ0) is 20.4. The number of carbonyl (C=O) groups excluding carboxylic acids is 2. The van der Waals surface area contributed by atoms with E-state index in [1.54, 1.807) is 0 Å². The van der Waals surface area contributed by atoms with Crippen molar-refractivity contribution in [2.45, 2.75) is 38.1 Å². The van der Waals surface area contributed by atoms with Crippen LogP contribution >= 0.6 is 11.6 Å². The van der Waals surface area contributed by atoms with E-state index >= 15 is 0 Å². The van der Waals surface area contributed by atoms with Gasteiger partial charge in [0, 0.05) is 29.2 Å². The minimum absolute atomic E-state index is 0.00901. The third-order valence-electron chi connectivity index (χ3n) is 5.77. The van der Waals surface area contributed by atoms with Crippen LogP contribution in [0.1, 0.15) is 63.7 Å². The zero-order valence-corrected chi connectivity index (χ0v) is 16.9. The van der Waals surface area contributed by atoms with E-state index in [-0.39, 0.29) is 17.4 Å². The highest BCUT2D eigenvalue weighted by Crippen LogP contribution is 2.26. The monoisotopic (exact) mass is 413 g/mol. The molecule has 1 amide bonds. The Morgan fingerprint density at radius 3 is 2.69 bits per heavy atom. The lowest BCUT2D eigenvalue weighted by atomic mass is 9.93. The van der Waals surface area contributed by atoms with Crippen molar-refractivity contribution in [2.24, 2.45) is 0 Å². The number of amides is 1. The summed E-state index contributed by atoms with van der Waals surface area (Å²) in [6.45, 7) is 2.28. The van der Waals surface area contributed by atoms with Gasteiger partial charge in [-0.1, -0.05) is 23.7 Å². The topological polar surface area (TPSA) is 82.3 Å². The molecule has 29 heavy (non-hydrogen) atoms. The molecule has 4 rings (SSSR count). The van der Waals surface area contributed by atoms with Crippen LogP contribution in [0.4, 0.5) is 0 Å². The number of aromatic nitrogens is 1. The Morgan fingerprint density at radius 2 is 1.93 bits per heavy atom. The normalized spacial score (nSPS) is 17.8. The molecule has 1 atom stereocenters. The largest absolute Gasteiger partial charge is 0.350 e. The molecular formula is C22H24ClN3O3. The maximum absolute atomic E-state index is 12.8. The van der Waals surface area contributed by atoms with Crippen molar-refractivity contribution in [3.05, 3.63) is 68.1 Å². The molecule has 2 aromatic rings. The first-order valence-electron chi connectivity index (χ1n) is 10.1. The molecule has 1 unspecified atom stereocenters. The number of pyridine rings is 1. The Kier molecular flexibility index (Phi) is 5.83. The molecule has 2 heterocycles. The molecule has 2 aliphatic rings. The molecule has 1 aliphatic heterocycles. The highest BCUT2D eigenvalue weighted by molar-refractivity contribution is 6.30. The number of hydrogen-bond acceptors (Lipinski definition) is 4. The number of benzene rings is 1. The number of fused-ring (bicyclic) bond motifs is 1. The lowest BCUT2D eigenvalue weighted by Gasteiger charge is -2.28. The number of carbonyl (C=O) groups is 2. The summed E-state index contributed by atoms with van der Waals surface area (Å²) in [7, 11) is 0. The molecule has 152 valence electrons. The molecule has 1 saturated heterocycles. The van der Waals surface area contributed by atoms with Crippen molar-refractivity contribution < 1.29 is 9.59 Å². The molecule has 0 radical (unpaired) electrons. The SMILES string of the molecule is O=C1CCCc2[nH]c(=O)c(C(=O)NCC(c3cccc(Cl)c3)N3CCCC3)cc21. The van der Waals surface area contributed by atoms with Crippen LogP contribution in [0.15, 0.2) is 35.1 Å². The Labute approximate surface area is 174 Å². The standard InChI is InChI=1S/C22H24ClN3O3/c23-15-6-3-5-14(11-15)19(26-9-1-2-10-26)13-24-21(28)17-12-16-18(25-22(17)29)7-4-8-20(16)27/h3,5-6,11-12,19H,1-2,4,7-10,13H2,(H,24,28)(H,25,29). The third-order valence-corrected chi connectivity index (χ3v) is 6.00. The van der Waals surface area contributed by atoms with Crippen LogP contribution < -0.4 is 10.9 Å². The van der Waals surface area contributed by atoms with Crippen LogP contribution in [-0.2, 0) is 6.42 Å². The quantitative estimate of drug-likeness (QED) is 0.789. The average Bonchev–Trinajstić information content (AvgIpc) is 3.22. The number of H-pyrrole nitrogens is 1. The number of nitrogens with zero attached hydrogens (tertiary/aromatic N) is 1. The van der Waals surface area contributed by atoms with Gasteiger partial charge in [-0.15, -0.1) is 0 Å². The van der Waals surface area contributed by atoms with Crippen LogP contribution in [-0.4, -0.2) is 41.2 Å². The fourth-order valence-corrected chi connectivity index (χ4v) is 4.45. The second-order valence-electron chi connectivity index (χ2n) is 7.70. The number of rotatable bonds is 5. The van der Waals surface area contributed by atoms with Crippen molar-refractivity contribution in [3.8, 4) is 0 Å². The summed E-state index contributed by atoms with van der Waals surface area (Å²) >= 11 is 6.17. The Balaban J connectivity index is 1.55. The third kappa shape index (κ3) is 4.28.